The Morgan fingerprint density at radius 2 is 2.07 bits per heavy atom. The van der Waals surface area contributed by atoms with Gasteiger partial charge >= 0.3 is 0 Å². The van der Waals surface area contributed by atoms with Crippen molar-refractivity contribution in [3.05, 3.63) is 30.1 Å². The van der Waals surface area contributed by atoms with Crippen LogP contribution in [0.15, 0.2) is 24.5 Å². The highest BCUT2D eigenvalue weighted by molar-refractivity contribution is 5.92. The van der Waals surface area contributed by atoms with E-state index in [0.717, 1.165) is 13.0 Å². The molecule has 160 valence electrons. The first-order valence-electron chi connectivity index (χ1n) is 10.3. The van der Waals surface area contributed by atoms with Crippen molar-refractivity contribution in [2.24, 2.45) is 11.7 Å². The highest BCUT2D eigenvalue weighted by Crippen LogP contribution is 2.33. The van der Waals surface area contributed by atoms with Crippen LogP contribution in [0.25, 0.3) is 0 Å². The van der Waals surface area contributed by atoms with Crippen molar-refractivity contribution in [2.75, 3.05) is 13.2 Å². The number of nitrogens with zero attached hydrogens (tertiary/aromatic N) is 1. The summed E-state index contributed by atoms with van der Waals surface area (Å²) in [7, 11) is 0. The molecule has 0 unspecified atom stereocenters. The van der Waals surface area contributed by atoms with Crippen molar-refractivity contribution in [2.45, 2.75) is 70.0 Å². The largest absolute Gasteiger partial charge is 1.00 e. The zero-order valence-electron chi connectivity index (χ0n) is 17.0. The number of amides is 1. The number of halogens is 1. The number of hydrogen-bond donors (Lipinski definition) is 1. The summed E-state index contributed by atoms with van der Waals surface area (Å²) in [5.41, 5.74) is 5.85. The van der Waals surface area contributed by atoms with Crippen LogP contribution < -0.4 is 27.3 Å². The Bertz CT molecular complexity index is 702. The van der Waals surface area contributed by atoms with Gasteiger partial charge in [-0.25, -0.2) is 0 Å². The average molecular weight is 467 g/mol. The molecular weight excluding hydrogens is 436 g/mol. The van der Waals surface area contributed by atoms with Gasteiger partial charge in [-0.3, -0.25) is 4.79 Å². The van der Waals surface area contributed by atoms with E-state index in [0.29, 0.717) is 11.5 Å². The summed E-state index contributed by atoms with van der Waals surface area (Å²) in [6.07, 6.45) is 15.0. The second-order valence-electron chi connectivity index (χ2n) is 7.66. The van der Waals surface area contributed by atoms with E-state index in [1.54, 1.807) is 18.3 Å². The van der Waals surface area contributed by atoms with Crippen molar-refractivity contribution >= 4 is 5.91 Å². The highest BCUT2D eigenvalue weighted by atomic mass is 79.9. The minimum absolute atomic E-state index is 0. The summed E-state index contributed by atoms with van der Waals surface area (Å²) in [5, 5.41) is 0. The fourth-order valence-corrected chi connectivity index (χ4v) is 4.20. The molecule has 7 heteroatoms. The van der Waals surface area contributed by atoms with Crippen molar-refractivity contribution in [1.29, 1.82) is 0 Å². The van der Waals surface area contributed by atoms with Crippen LogP contribution in [0.3, 0.4) is 0 Å². The number of aromatic nitrogens is 1. The van der Waals surface area contributed by atoms with Crippen LogP contribution in [0.4, 0.5) is 0 Å². The number of carbonyl (C=O) groups excluding carboxylic acids is 1. The Balaban J connectivity index is 0.00000300. The third-order valence-corrected chi connectivity index (χ3v) is 5.70. The first-order valence-corrected chi connectivity index (χ1v) is 10.3. The maximum absolute atomic E-state index is 11.6. The molecule has 0 radical (unpaired) electrons. The van der Waals surface area contributed by atoms with E-state index in [-0.39, 0.29) is 41.9 Å². The number of nitrogens with two attached hydrogens (primary N) is 1. The molecule has 2 aliphatic rings. The van der Waals surface area contributed by atoms with Crippen LogP contribution in [-0.4, -0.2) is 37.4 Å². The van der Waals surface area contributed by atoms with Gasteiger partial charge in [-0.2, -0.15) is 4.57 Å². The Morgan fingerprint density at radius 1 is 1.31 bits per heavy atom. The Labute approximate surface area is 183 Å². The van der Waals surface area contributed by atoms with Gasteiger partial charge < -0.3 is 36.9 Å². The van der Waals surface area contributed by atoms with Gasteiger partial charge in [-0.15, -0.1) is 6.42 Å². The van der Waals surface area contributed by atoms with Crippen LogP contribution >= 0.6 is 0 Å². The third kappa shape index (κ3) is 6.02. The average Bonchev–Trinajstić information content (AvgIpc) is 3.09. The van der Waals surface area contributed by atoms with E-state index < -0.39 is 12.1 Å². The van der Waals surface area contributed by atoms with Crippen LogP contribution in [0, 0.1) is 18.3 Å². The summed E-state index contributed by atoms with van der Waals surface area (Å²) in [6.45, 7) is 2.98. The van der Waals surface area contributed by atoms with Crippen molar-refractivity contribution in [1.82, 2.24) is 0 Å². The van der Waals surface area contributed by atoms with Gasteiger partial charge in [0.15, 0.2) is 18.5 Å². The van der Waals surface area contributed by atoms with E-state index in [1.165, 1.54) is 32.1 Å². The van der Waals surface area contributed by atoms with E-state index in [4.69, 9.17) is 26.4 Å². The van der Waals surface area contributed by atoms with Gasteiger partial charge in [0.25, 0.3) is 12.1 Å². The second kappa shape index (κ2) is 11.7. The van der Waals surface area contributed by atoms with Gasteiger partial charge in [0.2, 0.25) is 0 Å². The van der Waals surface area contributed by atoms with Gasteiger partial charge in [-0.05, 0) is 31.2 Å². The lowest BCUT2D eigenvalue weighted by molar-refractivity contribution is -0.766. The number of carbonyl (C=O) groups is 1. The maximum atomic E-state index is 11.6. The summed E-state index contributed by atoms with van der Waals surface area (Å²) >= 11 is 0. The van der Waals surface area contributed by atoms with E-state index in [1.807, 2.05) is 10.8 Å². The standard InChI is InChI=1S/C22H30N2O4.BrH/c1-3-13-26-20-19(27-15-16-9-6-5-7-10-16)18(4-2)28-22(20)24-12-8-11-17(14-24)21(23)25;/h1,8,11-12,14,16,18-20,22H,4-7,9-10,13,15H2,2H3,(H-,23,25);1H/t18-,19-,20-,22-;/m1./s1. The van der Waals surface area contributed by atoms with Gasteiger partial charge in [-0.1, -0.05) is 32.1 Å². The summed E-state index contributed by atoms with van der Waals surface area (Å²) in [5.74, 6) is 2.66. The van der Waals surface area contributed by atoms with Crippen molar-refractivity contribution in [3.8, 4) is 12.3 Å². The number of primary amides is 1. The monoisotopic (exact) mass is 466 g/mol. The van der Waals surface area contributed by atoms with Crippen molar-refractivity contribution < 1.29 is 40.6 Å². The first kappa shape index (κ1) is 23.8. The Kier molecular flexibility index (Phi) is 9.57. The molecule has 2 N–H and O–H groups in total. The molecule has 1 saturated carbocycles. The molecular formula is C22H31BrN2O4. The minimum atomic E-state index is -0.481. The lowest BCUT2D eigenvalue weighted by Gasteiger charge is -2.26. The van der Waals surface area contributed by atoms with Gasteiger partial charge in [0.05, 0.1) is 12.7 Å². The first-order chi connectivity index (χ1) is 13.6. The number of terminal acetylenes is 1. The molecule has 1 saturated heterocycles. The molecule has 0 spiro atoms. The normalized spacial score (nSPS) is 27.2. The van der Waals surface area contributed by atoms with E-state index >= 15 is 0 Å². The van der Waals surface area contributed by atoms with Crippen LogP contribution in [0.2, 0.25) is 0 Å². The van der Waals surface area contributed by atoms with Crippen molar-refractivity contribution in [3.63, 3.8) is 0 Å². The Hall–Kier alpha value is -1.46. The smallest absolute Gasteiger partial charge is 0.292 e. The molecule has 0 aromatic carbocycles. The number of hydrogen-bond acceptors (Lipinski definition) is 4. The molecule has 1 aliphatic heterocycles. The maximum Gasteiger partial charge on any atom is 0.292 e. The summed E-state index contributed by atoms with van der Waals surface area (Å²) in [4.78, 5) is 11.6. The van der Waals surface area contributed by atoms with E-state index in [9.17, 15) is 4.79 Å². The molecule has 1 aromatic heterocycles. The topological polar surface area (TPSA) is 74.7 Å². The quantitative estimate of drug-likeness (QED) is 0.408. The molecule has 1 amide bonds. The van der Waals surface area contributed by atoms with Crippen LogP contribution in [0.5, 0.6) is 0 Å². The molecule has 4 atom stereocenters. The lowest BCUT2D eigenvalue weighted by atomic mass is 9.90. The number of pyridine rings is 1. The fourth-order valence-electron chi connectivity index (χ4n) is 4.20. The lowest BCUT2D eigenvalue weighted by Crippen LogP contribution is -3.00. The SMILES string of the molecule is C#CCO[C@@H]1[C@H](OCC2CCCCC2)[C@@H](CC)O[C@H]1[n+]1cccc(C(N)=O)c1.[Br-]. The molecule has 2 fully saturated rings. The summed E-state index contributed by atoms with van der Waals surface area (Å²) < 4.78 is 20.5. The van der Waals surface area contributed by atoms with Gasteiger partial charge in [0, 0.05) is 6.07 Å². The zero-order chi connectivity index (χ0) is 19.9. The second-order valence-corrected chi connectivity index (χ2v) is 7.66. The van der Waals surface area contributed by atoms with E-state index in [2.05, 4.69) is 12.8 Å². The minimum Gasteiger partial charge on any atom is -1.00 e. The van der Waals surface area contributed by atoms with Crippen LogP contribution in [0.1, 0.15) is 62.0 Å². The summed E-state index contributed by atoms with van der Waals surface area (Å²) in [6, 6.07) is 3.46. The molecule has 1 aromatic rings. The molecule has 29 heavy (non-hydrogen) atoms. The molecule has 3 rings (SSSR count). The molecule has 2 heterocycles. The fraction of sp³-hybridized carbons (Fsp3) is 0.636. The highest BCUT2D eigenvalue weighted by Gasteiger charge is 2.51. The predicted molar refractivity (Wildman–Crippen MR) is 104 cm³/mol. The number of rotatable bonds is 8. The molecule has 1 aliphatic carbocycles. The Morgan fingerprint density at radius 3 is 2.72 bits per heavy atom. The number of ether oxygens (including phenoxy) is 3. The van der Waals surface area contributed by atoms with Gasteiger partial charge in [0.1, 0.15) is 18.3 Å². The van der Waals surface area contributed by atoms with Crippen LogP contribution in [-0.2, 0) is 14.2 Å². The molecule has 6 nitrogen and oxygen atoms in total. The zero-order valence-corrected chi connectivity index (χ0v) is 18.6. The third-order valence-electron chi connectivity index (χ3n) is 5.70. The molecule has 0 bridgehead atoms. The predicted octanol–water partition coefficient (Wildman–Crippen LogP) is -0.632.